The molecule has 12 aromatic rings. The van der Waals surface area contributed by atoms with E-state index in [0.29, 0.717) is 0 Å². The molecule has 0 spiro atoms. The highest BCUT2D eigenvalue weighted by atomic mass is 15.1. The van der Waals surface area contributed by atoms with Gasteiger partial charge in [-0.1, -0.05) is 127 Å². The molecule has 0 saturated heterocycles. The summed E-state index contributed by atoms with van der Waals surface area (Å²) in [5.74, 6) is 0.885. The summed E-state index contributed by atoms with van der Waals surface area (Å²) in [6, 6.07) is 74.0. The van der Waals surface area contributed by atoms with Crippen LogP contribution in [0.2, 0.25) is 0 Å². The van der Waals surface area contributed by atoms with Crippen LogP contribution >= 0.6 is 0 Å². The van der Waals surface area contributed by atoms with Crippen molar-refractivity contribution in [2.75, 3.05) is 0 Å². The van der Waals surface area contributed by atoms with E-state index < -0.39 is 0 Å². The summed E-state index contributed by atoms with van der Waals surface area (Å²) in [5.41, 5.74) is 19.5. The number of aromatic nitrogens is 4. The highest BCUT2D eigenvalue weighted by Gasteiger charge is 2.18. The quantitative estimate of drug-likeness (QED) is 0.161. The highest BCUT2D eigenvalue weighted by molar-refractivity contribution is 6.11. The van der Waals surface area contributed by atoms with Crippen molar-refractivity contribution in [3.8, 4) is 67.3 Å². The third-order valence-corrected chi connectivity index (χ3v) is 13.0. The summed E-state index contributed by atoms with van der Waals surface area (Å²) in [5, 5.41) is 4.88. The lowest BCUT2D eigenvalue weighted by atomic mass is 9.88. The topological polar surface area (TPSA) is 35.6 Å². The van der Waals surface area contributed by atoms with Crippen molar-refractivity contribution >= 4 is 43.6 Å². The molecule has 0 atom stereocenters. The first-order valence-corrected chi connectivity index (χ1v) is 21.9. The van der Waals surface area contributed by atoms with Crippen molar-refractivity contribution in [1.82, 2.24) is 19.1 Å². The molecule has 12 rings (SSSR count). The standard InChI is InChI=1S/C60H42N4/c1-39-15-9-10-20-48(39)52-36-46(55-29-25-44(37-61-55)43-27-30-58-53(34-43)49-21-11-13-23-56(49)63(58)47-18-7-4-8-19-47)35-51(40(52)2)45-28-32-60(62-38-45)64-57-24-14-12-22-50(57)54-33-42(26-31-59(54)64)41-16-5-3-6-17-41/h3-38H,1-2H3. The van der Waals surface area contributed by atoms with E-state index in [2.05, 4.69) is 229 Å². The van der Waals surface area contributed by atoms with Crippen LogP contribution < -0.4 is 0 Å². The Balaban J connectivity index is 0.936. The maximum Gasteiger partial charge on any atom is 0.137 e. The first-order chi connectivity index (χ1) is 31.6. The number of benzene rings is 8. The maximum absolute atomic E-state index is 5.19. The normalized spacial score (nSPS) is 11.6. The minimum absolute atomic E-state index is 0.885. The summed E-state index contributed by atoms with van der Waals surface area (Å²) in [7, 11) is 0. The zero-order valence-electron chi connectivity index (χ0n) is 35.6. The van der Waals surface area contributed by atoms with Gasteiger partial charge in [0, 0.05) is 56.3 Å². The fraction of sp³-hybridized carbons (Fsp3) is 0.0333. The fourth-order valence-electron chi connectivity index (χ4n) is 9.77. The second-order valence-corrected chi connectivity index (χ2v) is 16.7. The Morgan fingerprint density at radius 3 is 1.55 bits per heavy atom. The van der Waals surface area contributed by atoms with Gasteiger partial charge in [0.1, 0.15) is 5.82 Å². The second kappa shape index (κ2) is 15.2. The molecule has 4 heteroatoms. The molecule has 4 heterocycles. The van der Waals surface area contributed by atoms with Gasteiger partial charge in [-0.15, -0.1) is 0 Å². The summed E-state index contributed by atoms with van der Waals surface area (Å²) < 4.78 is 4.64. The molecular weight excluding hydrogens is 777 g/mol. The number of hydrogen-bond donors (Lipinski definition) is 0. The Bertz CT molecular complexity index is 3710. The molecule has 0 bridgehead atoms. The average Bonchev–Trinajstić information content (AvgIpc) is 3.87. The predicted octanol–water partition coefficient (Wildman–Crippen LogP) is 15.6. The molecule has 0 amide bonds. The molecule has 0 N–H and O–H groups in total. The lowest BCUT2D eigenvalue weighted by molar-refractivity contribution is 1.08. The van der Waals surface area contributed by atoms with Gasteiger partial charge in [0.2, 0.25) is 0 Å². The molecule has 0 unspecified atom stereocenters. The van der Waals surface area contributed by atoms with E-state index >= 15 is 0 Å². The molecule has 0 radical (unpaired) electrons. The summed E-state index contributed by atoms with van der Waals surface area (Å²) in [6.45, 7) is 4.42. The first-order valence-electron chi connectivity index (χ1n) is 21.9. The number of aryl methyl sites for hydroxylation is 1. The van der Waals surface area contributed by atoms with Gasteiger partial charge in [-0.3, -0.25) is 9.55 Å². The molecule has 0 fully saturated rings. The van der Waals surface area contributed by atoms with Crippen LogP contribution in [0.25, 0.3) is 111 Å². The van der Waals surface area contributed by atoms with Gasteiger partial charge in [-0.2, -0.15) is 0 Å². The molecule has 4 aromatic heterocycles. The van der Waals surface area contributed by atoms with E-state index in [4.69, 9.17) is 9.97 Å². The molecule has 0 saturated carbocycles. The number of hydrogen-bond acceptors (Lipinski definition) is 2. The van der Waals surface area contributed by atoms with Gasteiger partial charge in [-0.05, 0) is 137 Å². The van der Waals surface area contributed by atoms with Crippen molar-refractivity contribution in [3.63, 3.8) is 0 Å². The Hall–Kier alpha value is -8.34. The van der Waals surface area contributed by atoms with E-state index in [-0.39, 0.29) is 0 Å². The van der Waals surface area contributed by atoms with Crippen LogP contribution in [0.1, 0.15) is 11.1 Å². The summed E-state index contributed by atoms with van der Waals surface area (Å²) in [6.07, 6.45) is 4.05. The summed E-state index contributed by atoms with van der Waals surface area (Å²) in [4.78, 5) is 10.3. The van der Waals surface area contributed by atoms with Gasteiger partial charge < -0.3 is 4.57 Å². The van der Waals surface area contributed by atoms with Gasteiger partial charge in [-0.25, -0.2) is 4.98 Å². The SMILES string of the molecule is Cc1ccccc1-c1cc(-c2ccc(-c3ccc4c(c3)c3ccccc3n4-c3ccccc3)cn2)cc(-c2ccc(-n3c4ccccc4c4cc(-c5ccccc5)ccc43)nc2)c1C. The van der Waals surface area contributed by atoms with Gasteiger partial charge in [0.05, 0.1) is 27.8 Å². The minimum atomic E-state index is 0.885. The Kier molecular flexibility index (Phi) is 8.91. The Morgan fingerprint density at radius 2 is 0.875 bits per heavy atom. The molecule has 0 aliphatic heterocycles. The van der Waals surface area contributed by atoms with Crippen LogP contribution in [-0.4, -0.2) is 19.1 Å². The van der Waals surface area contributed by atoms with E-state index in [1.54, 1.807) is 0 Å². The smallest absolute Gasteiger partial charge is 0.137 e. The average molecular weight is 819 g/mol. The Morgan fingerprint density at radius 1 is 0.328 bits per heavy atom. The molecule has 302 valence electrons. The zero-order chi connectivity index (χ0) is 42.7. The lowest BCUT2D eigenvalue weighted by Gasteiger charge is -2.17. The van der Waals surface area contributed by atoms with Crippen LogP contribution in [-0.2, 0) is 0 Å². The summed E-state index contributed by atoms with van der Waals surface area (Å²) >= 11 is 0. The van der Waals surface area contributed by atoms with Gasteiger partial charge in [0.25, 0.3) is 0 Å². The maximum atomic E-state index is 5.19. The van der Waals surface area contributed by atoms with Crippen LogP contribution in [0.4, 0.5) is 0 Å². The first kappa shape index (κ1) is 37.4. The molecule has 64 heavy (non-hydrogen) atoms. The van der Waals surface area contributed by atoms with Crippen LogP contribution in [0.5, 0.6) is 0 Å². The van der Waals surface area contributed by atoms with Gasteiger partial charge >= 0.3 is 0 Å². The number of para-hydroxylation sites is 3. The lowest BCUT2D eigenvalue weighted by Crippen LogP contribution is -1.98. The fourth-order valence-corrected chi connectivity index (χ4v) is 9.77. The third-order valence-electron chi connectivity index (χ3n) is 13.0. The Labute approximate surface area is 372 Å². The molecule has 0 aliphatic rings. The monoisotopic (exact) mass is 818 g/mol. The molecule has 8 aromatic carbocycles. The van der Waals surface area contributed by atoms with Crippen LogP contribution in [0, 0.1) is 13.8 Å². The van der Waals surface area contributed by atoms with E-state index in [9.17, 15) is 0 Å². The molecule has 4 nitrogen and oxygen atoms in total. The van der Waals surface area contributed by atoms with E-state index in [1.807, 2.05) is 12.4 Å². The number of pyridine rings is 2. The predicted molar refractivity (Wildman–Crippen MR) is 267 cm³/mol. The molecular formula is C60H42N4. The van der Waals surface area contributed by atoms with Gasteiger partial charge in [0.15, 0.2) is 0 Å². The zero-order valence-corrected chi connectivity index (χ0v) is 35.6. The highest BCUT2D eigenvalue weighted by Crippen LogP contribution is 2.40. The number of rotatable bonds is 7. The van der Waals surface area contributed by atoms with Crippen LogP contribution in [0.15, 0.2) is 219 Å². The number of nitrogens with zero attached hydrogens (tertiary/aromatic N) is 4. The van der Waals surface area contributed by atoms with Crippen molar-refractivity contribution in [2.24, 2.45) is 0 Å². The van der Waals surface area contributed by atoms with Crippen molar-refractivity contribution in [1.29, 1.82) is 0 Å². The second-order valence-electron chi connectivity index (χ2n) is 16.7. The van der Waals surface area contributed by atoms with Crippen molar-refractivity contribution in [3.05, 3.63) is 230 Å². The van der Waals surface area contributed by atoms with Crippen LogP contribution in [0.3, 0.4) is 0 Å². The van der Waals surface area contributed by atoms with E-state index in [1.165, 1.54) is 66.0 Å². The molecule has 0 aliphatic carbocycles. The third kappa shape index (κ3) is 6.22. The van der Waals surface area contributed by atoms with Crippen molar-refractivity contribution < 1.29 is 0 Å². The number of fused-ring (bicyclic) bond motifs is 6. The van der Waals surface area contributed by atoms with E-state index in [0.717, 1.165) is 56.0 Å². The van der Waals surface area contributed by atoms with Crippen molar-refractivity contribution in [2.45, 2.75) is 13.8 Å². The minimum Gasteiger partial charge on any atom is -0.309 e. The largest absolute Gasteiger partial charge is 0.309 e.